The molecule has 0 aromatic carbocycles. The van der Waals surface area contributed by atoms with Crippen molar-refractivity contribution < 1.29 is 21.6 Å². The van der Waals surface area contributed by atoms with E-state index in [2.05, 4.69) is 0 Å². The lowest BCUT2D eigenvalue weighted by molar-refractivity contribution is -0.115. The molecule has 0 amide bonds. The van der Waals surface area contributed by atoms with E-state index in [1.165, 1.54) is 0 Å². The molecule has 0 heterocycles. The minimum atomic E-state index is -4.43. The third kappa shape index (κ3) is 4.08. The average molecular weight is 324 g/mol. The number of halogens is 4. The number of hydrogen-bond acceptors (Lipinski definition) is 5. The SMILES string of the molecule is O=C(C(Cl)S(=O)(=O)Cl)C(Cl)S(=O)(=O)Cl. The standard InChI is InChI=1S/C3H2Cl4O5S2/c4-2(13(6,9)10)1(8)3(5)14(7,11)12/h2-3H. The predicted molar refractivity (Wildman–Crippen MR) is 53.8 cm³/mol. The minimum Gasteiger partial charge on any atom is -0.294 e. The summed E-state index contributed by atoms with van der Waals surface area (Å²) >= 11 is 10.1. The van der Waals surface area contributed by atoms with Crippen molar-refractivity contribution in [2.45, 2.75) is 9.42 Å². The van der Waals surface area contributed by atoms with Gasteiger partial charge in [-0.2, -0.15) is 0 Å². The molecule has 0 aliphatic rings. The van der Waals surface area contributed by atoms with E-state index in [4.69, 9.17) is 44.6 Å². The van der Waals surface area contributed by atoms with Crippen LogP contribution in [0.5, 0.6) is 0 Å². The topological polar surface area (TPSA) is 85.3 Å². The molecule has 0 aliphatic heterocycles. The van der Waals surface area contributed by atoms with Gasteiger partial charge in [-0.05, 0) is 0 Å². The molecule has 2 atom stereocenters. The molecule has 0 fully saturated rings. The lowest BCUT2D eigenvalue weighted by atomic mass is 10.5. The number of rotatable bonds is 4. The van der Waals surface area contributed by atoms with E-state index in [0.29, 0.717) is 0 Å². The van der Waals surface area contributed by atoms with Crippen LogP contribution in [0.2, 0.25) is 0 Å². The van der Waals surface area contributed by atoms with Gasteiger partial charge < -0.3 is 0 Å². The molecule has 0 radical (unpaired) electrons. The summed E-state index contributed by atoms with van der Waals surface area (Å²) in [6.07, 6.45) is 0. The van der Waals surface area contributed by atoms with Crippen molar-refractivity contribution in [3.8, 4) is 0 Å². The predicted octanol–water partition coefficient (Wildman–Crippen LogP) is 0.823. The lowest BCUT2D eigenvalue weighted by Crippen LogP contribution is -2.32. The van der Waals surface area contributed by atoms with Crippen LogP contribution in [0.15, 0.2) is 0 Å². The number of carbonyl (C=O) groups is 1. The fourth-order valence-electron chi connectivity index (χ4n) is 0.381. The van der Waals surface area contributed by atoms with Gasteiger partial charge in [0.2, 0.25) is 15.2 Å². The second kappa shape index (κ2) is 4.71. The maximum atomic E-state index is 10.9. The van der Waals surface area contributed by atoms with Crippen molar-refractivity contribution in [1.82, 2.24) is 0 Å². The van der Waals surface area contributed by atoms with Crippen LogP contribution >= 0.6 is 44.6 Å². The van der Waals surface area contributed by atoms with E-state index < -0.39 is 33.3 Å². The Labute approximate surface area is 99.1 Å². The van der Waals surface area contributed by atoms with Crippen LogP contribution in [0, 0.1) is 0 Å². The number of Topliss-reactive ketones (excluding diaryl/α,β-unsaturated/α-hetero) is 1. The molecule has 84 valence electrons. The van der Waals surface area contributed by atoms with Gasteiger partial charge in [-0.15, -0.1) is 0 Å². The van der Waals surface area contributed by atoms with Crippen LogP contribution in [0.4, 0.5) is 0 Å². The quantitative estimate of drug-likeness (QED) is 0.565. The highest BCUT2D eigenvalue weighted by Gasteiger charge is 2.39. The normalized spacial score (nSPS) is 17.4. The van der Waals surface area contributed by atoms with Crippen molar-refractivity contribution in [3.63, 3.8) is 0 Å². The van der Waals surface area contributed by atoms with E-state index in [1.54, 1.807) is 0 Å². The summed E-state index contributed by atoms with van der Waals surface area (Å²) in [4.78, 5) is 10.9. The first kappa shape index (κ1) is 14.7. The summed E-state index contributed by atoms with van der Waals surface area (Å²) in [6, 6.07) is 0. The third-order valence-electron chi connectivity index (χ3n) is 0.942. The van der Waals surface area contributed by atoms with E-state index in [0.717, 1.165) is 0 Å². The summed E-state index contributed by atoms with van der Waals surface area (Å²) in [6.45, 7) is 0. The van der Waals surface area contributed by atoms with Crippen LogP contribution in [-0.2, 0) is 22.9 Å². The zero-order chi connectivity index (χ0) is 11.7. The van der Waals surface area contributed by atoms with Gasteiger partial charge in [-0.3, -0.25) is 4.79 Å². The van der Waals surface area contributed by atoms with Gasteiger partial charge in [-0.1, -0.05) is 23.2 Å². The molecule has 0 aromatic rings. The second-order valence-corrected chi connectivity index (χ2v) is 8.80. The summed E-state index contributed by atoms with van der Waals surface area (Å²) in [5.41, 5.74) is 0. The van der Waals surface area contributed by atoms with Crippen molar-refractivity contribution in [3.05, 3.63) is 0 Å². The van der Waals surface area contributed by atoms with Crippen molar-refractivity contribution >= 4 is 68.5 Å². The molecule has 0 aromatic heterocycles. The van der Waals surface area contributed by atoms with Crippen LogP contribution in [0.25, 0.3) is 0 Å². The first-order chi connectivity index (χ1) is 5.98. The van der Waals surface area contributed by atoms with Crippen molar-refractivity contribution in [2.75, 3.05) is 0 Å². The van der Waals surface area contributed by atoms with E-state index in [1.807, 2.05) is 0 Å². The summed E-state index contributed by atoms with van der Waals surface area (Å²) in [5.74, 6) is -1.52. The highest BCUT2D eigenvalue weighted by molar-refractivity contribution is 8.17. The number of ketones is 1. The van der Waals surface area contributed by atoms with Crippen LogP contribution in [-0.4, -0.2) is 32.0 Å². The van der Waals surface area contributed by atoms with E-state index in [9.17, 15) is 21.6 Å². The molecule has 0 N–H and O–H groups in total. The number of hydrogen-bond donors (Lipinski definition) is 0. The van der Waals surface area contributed by atoms with Crippen LogP contribution < -0.4 is 0 Å². The summed E-state index contributed by atoms with van der Waals surface area (Å²) < 4.78 is 37.6. The van der Waals surface area contributed by atoms with Crippen LogP contribution in [0.1, 0.15) is 0 Å². The maximum absolute atomic E-state index is 10.9. The third-order valence-corrected chi connectivity index (χ3v) is 5.85. The first-order valence-corrected chi connectivity index (χ1v) is 8.28. The fourth-order valence-corrected chi connectivity index (χ4v) is 2.29. The molecular weight excluding hydrogens is 322 g/mol. The van der Waals surface area contributed by atoms with Gasteiger partial charge in [0.15, 0.2) is 0 Å². The number of carbonyl (C=O) groups excluding carboxylic acids is 1. The Hall–Kier alpha value is 0.730. The van der Waals surface area contributed by atoms with Gasteiger partial charge in [0.05, 0.1) is 0 Å². The molecule has 0 saturated carbocycles. The molecule has 2 unspecified atom stereocenters. The molecule has 11 heteroatoms. The molecular formula is C3H2Cl4O5S2. The van der Waals surface area contributed by atoms with E-state index >= 15 is 0 Å². The second-order valence-electron chi connectivity index (χ2n) is 1.99. The first-order valence-electron chi connectivity index (χ1n) is 2.66. The smallest absolute Gasteiger partial charge is 0.256 e. The molecule has 0 spiro atoms. The van der Waals surface area contributed by atoms with Crippen molar-refractivity contribution in [1.29, 1.82) is 0 Å². The van der Waals surface area contributed by atoms with Crippen molar-refractivity contribution in [2.24, 2.45) is 0 Å². The van der Waals surface area contributed by atoms with Gasteiger partial charge in [-0.25, -0.2) is 16.8 Å². The Bertz CT molecular complexity index is 384. The Morgan fingerprint density at radius 1 is 0.857 bits per heavy atom. The molecule has 14 heavy (non-hydrogen) atoms. The van der Waals surface area contributed by atoms with Gasteiger partial charge in [0, 0.05) is 21.4 Å². The molecule has 0 aliphatic carbocycles. The zero-order valence-electron chi connectivity index (χ0n) is 6.02. The largest absolute Gasteiger partial charge is 0.294 e. The Balaban J connectivity index is 5.02. The highest BCUT2D eigenvalue weighted by atomic mass is 35.7. The Morgan fingerprint density at radius 2 is 1.07 bits per heavy atom. The monoisotopic (exact) mass is 322 g/mol. The maximum Gasteiger partial charge on any atom is 0.256 e. The highest BCUT2D eigenvalue weighted by Crippen LogP contribution is 2.21. The molecule has 0 rings (SSSR count). The van der Waals surface area contributed by atoms with Crippen LogP contribution in [0.3, 0.4) is 0 Å². The van der Waals surface area contributed by atoms with Gasteiger partial charge >= 0.3 is 0 Å². The van der Waals surface area contributed by atoms with E-state index in [-0.39, 0.29) is 0 Å². The Morgan fingerprint density at radius 3 is 1.21 bits per heavy atom. The average Bonchev–Trinajstić information content (AvgIpc) is 1.97. The molecule has 5 nitrogen and oxygen atoms in total. The zero-order valence-corrected chi connectivity index (χ0v) is 10.7. The molecule has 0 saturated heterocycles. The minimum absolute atomic E-state index is 1.52. The Kier molecular flexibility index (Phi) is 4.96. The fraction of sp³-hybridized carbons (Fsp3) is 0.667. The summed E-state index contributed by atoms with van der Waals surface area (Å²) in [7, 11) is 0.538. The summed E-state index contributed by atoms with van der Waals surface area (Å²) in [5, 5.41) is 0. The van der Waals surface area contributed by atoms with Gasteiger partial charge in [0.25, 0.3) is 18.1 Å². The number of alkyl halides is 2. The lowest BCUT2D eigenvalue weighted by Gasteiger charge is -2.07. The van der Waals surface area contributed by atoms with Gasteiger partial charge in [0.1, 0.15) is 0 Å². The molecule has 0 bridgehead atoms.